The standard InChI is InChI=1S/C15H21NS2/c1-10(2)15(14-6-5-7-17-14)16-9-13-8-11(3)18-12(13)4/h5-8,10,15-16H,9H2,1-4H3. The molecule has 2 aromatic rings. The molecule has 0 radical (unpaired) electrons. The largest absolute Gasteiger partial charge is 0.305 e. The summed E-state index contributed by atoms with van der Waals surface area (Å²) in [5.74, 6) is 0.615. The molecule has 0 saturated carbocycles. The number of rotatable bonds is 5. The molecule has 2 rings (SSSR count). The Morgan fingerprint density at radius 3 is 2.56 bits per heavy atom. The molecule has 0 aromatic carbocycles. The molecule has 1 atom stereocenters. The fourth-order valence-electron chi connectivity index (χ4n) is 2.21. The van der Waals surface area contributed by atoms with Crippen molar-refractivity contribution >= 4 is 22.7 Å². The highest BCUT2D eigenvalue weighted by Crippen LogP contribution is 2.27. The van der Waals surface area contributed by atoms with Crippen LogP contribution in [-0.2, 0) is 6.54 Å². The summed E-state index contributed by atoms with van der Waals surface area (Å²) < 4.78 is 0. The zero-order valence-electron chi connectivity index (χ0n) is 11.5. The zero-order chi connectivity index (χ0) is 13.1. The fraction of sp³-hybridized carbons (Fsp3) is 0.467. The average Bonchev–Trinajstić information content (AvgIpc) is 2.89. The Morgan fingerprint density at radius 2 is 2.06 bits per heavy atom. The van der Waals surface area contributed by atoms with Crippen molar-refractivity contribution in [2.75, 3.05) is 0 Å². The molecule has 0 bridgehead atoms. The molecule has 0 aliphatic heterocycles. The van der Waals surface area contributed by atoms with E-state index in [2.05, 4.69) is 56.6 Å². The predicted octanol–water partition coefficient (Wildman–Crippen LogP) is 4.91. The number of hydrogen-bond donors (Lipinski definition) is 1. The van der Waals surface area contributed by atoms with E-state index >= 15 is 0 Å². The molecule has 18 heavy (non-hydrogen) atoms. The molecular formula is C15H21NS2. The topological polar surface area (TPSA) is 12.0 Å². The molecule has 0 spiro atoms. The Balaban J connectivity index is 2.05. The van der Waals surface area contributed by atoms with Gasteiger partial charge in [-0.05, 0) is 42.8 Å². The monoisotopic (exact) mass is 279 g/mol. The predicted molar refractivity (Wildman–Crippen MR) is 82.5 cm³/mol. The minimum Gasteiger partial charge on any atom is -0.305 e. The third-order valence-electron chi connectivity index (χ3n) is 3.17. The first-order valence-electron chi connectivity index (χ1n) is 6.40. The molecule has 0 amide bonds. The molecule has 1 unspecified atom stereocenters. The second-order valence-corrected chi connectivity index (χ2v) is 7.50. The fourth-order valence-corrected chi connectivity index (χ4v) is 4.13. The van der Waals surface area contributed by atoms with Crippen LogP contribution in [0, 0.1) is 19.8 Å². The summed E-state index contributed by atoms with van der Waals surface area (Å²) in [6.45, 7) is 9.92. The summed E-state index contributed by atoms with van der Waals surface area (Å²) in [6.07, 6.45) is 0. The highest BCUT2D eigenvalue weighted by Gasteiger charge is 2.16. The summed E-state index contributed by atoms with van der Waals surface area (Å²) in [7, 11) is 0. The Bertz CT molecular complexity index is 483. The quantitative estimate of drug-likeness (QED) is 0.819. The summed E-state index contributed by atoms with van der Waals surface area (Å²) in [5.41, 5.74) is 1.44. The maximum absolute atomic E-state index is 3.71. The first kappa shape index (κ1) is 13.8. The first-order chi connectivity index (χ1) is 8.58. The van der Waals surface area contributed by atoms with Gasteiger partial charge in [0, 0.05) is 27.2 Å². The molecule has 0 aliphatic carbocycles. The smallest absolute Gasteiger partial charge is 0.0440 e. The van der Waals surface area contributed by atoms with Gasteiger partial charge in [-0.25, -0.2) is 0 Å². The molecule has 1 N–H and O–H groups in total. The molecular weight excluding hydrogens is 258 g/mol. The molecule has 3 heteroatoms. The van der Waals surface area contributed by atoms with Gasteiger partial charge in [-0.15, -0.1) is 22.7 Å². The van der Waals surface area contributed by atoms with Crippen molar-refractivity contribution in [3.05, 3.63) is 43.8 Å². The molecule has 2 aromatic heterocycles. The summed E-state index contributed by atoms with van der Waals surface area (Å²) in [4.78, 5) is 4.28. The number of aryl methyl sites for hydroxylation is 2. The summed E-state index contributed by atoms with van der Waals surface area (Å²) in [5, 5.41) is 5.87. The van der Waals surface area contributed by atoms with Gasteiger partial charge in [0.25, 0.3) is 0 Å². The molecule has 98 valence electrons. The van der Waals surface area contributed by atoms with Gasteiger partial charge in [-0.1, -0.05) is 19.9 Å². The van der Waals surface area contributed by atoms with Gasteiger partial charge in [0.1, 0.15) is 0 Å². The zero-order valence-corrected chi connectivity index (χ0v) is 13.1. The molecule has 0 fully saturated rings. The van der Waals surface area contributed by atoms with Crippen LogP contribution in [0.15, 0.2) is 23.6 Å². The third-order valence-corrected chi connectivity index (χ3v) is 5.14. The van der Waals surface area contributed by atoms with E-state index in [4.69, 9.17) is 0 Å². The summed E-state index contributed by atoms with van der Waals surface area (Å²) in [6, 6.07) is 7.13. The van der Waals surface area contributed by atoms with Gasteiger partial charge in [0.15, 0.2) is 0 Å². The van der Waals surface area contributed by atoms with Crippen LogP contribution in [0.25, 0.3) is 0 Å². The lowest BCUT2D eigenvalue weighted by Crippen LogP contribution is -2.24. The number of nitrogens with one attached hydrogen (secondary N) is 1. The maximum atomic E-state index is 3.71. The van der Waals surface area contributed by atoms with Crippen LogP contribution >= 0.6 is 22.7 Å². The molecule has 0 aliphatic rings. The highest BCUT2D eigenvalue weighted by molar-refractivity contribution is 7.12. The van der Waals surface area contributed by atoms with Crippen molar-refractivity contribution in [1.29, 1.82) is 0 Å². The second kappa shape index (κ2) is 6.00. The molecule has 2 heterocycles. The van der Waals surface area contributed by atoms with Crippen LogP contribution in [0.4, 0.5) is 0 Å². The van der Waals surface area contributed by atoms with Crippen molar-refractivity contribution in [2.45, 2.75) is 40.3 Å². The van der Waals surface area contributed by atoms with Crippen molar-refractivity contribution in [2.24, 2.45) is 5.92 Å². The number of thiophene rings is 2. The highest BCUT2D eigenvalue weighted by atomic mass is 32.1. The van der Waals surface area contributed by atoms with Gasteiger partial charge in [-0.2, -0.15) is 0 Å². The van der Waals surface area contributed by atoms with Crippen LogP contribution < -0.4 is 5.32 Å². The van der Waals surface area contributed by atoms with E-state index in [1.165, 1.54) is 20.2 Å². The van der Waals surface area contributed by atoms with Crippen molar-refractivity contribution in [3.8, 4) is 0 Å². The van der Waals surface area contributed by atoms with Crippen molar-refractivity contribution in [3.63, 3.8) is 0 Å². The Hall–Kier alpha value is -0.640. The van der Waals surface area contributed by atoms with Crippen LogP contribution in [0.5, 0.6) is 0 Å². The minimum absolute atomic E-state index is 0.463. The Kier molecular flexibility index (Phi) is 4.60. The molecule has 0 saturated heterocycles. The minimum atomic E-state index is 0.463. The van der Waals surface area contributed by atoms with Crippen LogP contribution in [0.1, 0.15) is 40.1 Å². The molecule has 1 nitrogen and oxygen atoms in total. The lowest BCUT2D eigenvalue weighted by molar-refractivity contribution is 0.416. The SMILES string of the molecule is Cc1cc(CNC(c2cccs2)C(C)C)c(C)s1. The van der Waals surface area contributed by atoms with E-state index in [0.29, 0.717) is 12.0 Å². The second-order valence-electron chi connectivity index (χ2n) is 5.06. The van der Waals surface area contributed by atoms with Crippen LogP contribution in [0.2, 0.25) is 0 Å². The van der Waals surface area contributed by atoms with E-state index in [0.717, 1.165) is 6.54 Å². The number of hydrogen-bond acceptors (Lipinski definition) is 3. The van der Waals surface area contributed by atoms with Crippen molar-refractivity contribution < 1.29 is 0 Å². The third kappa shape index (κ3) is 3.22. The summed E-state index contributed by atoms with van der Waals surface area (Å²) >= 11 is 3.73. The van der Waals surface area contributed by atoms with E-state index in [-0.39, 0.29) is 0 Å². The maximum Gasteiger partial charge on any atom is 0.0440 e. The van der Waals surface area contributed by atoms with E-state index in [1.54, 1.807) is 0 Å². The van der Waals surface area contributed by atoms with Gasteiger partial charge in [0.2, 0.25) is 0 Å². The van der Waals surface area contributed by atoms with Gasteiger partial charge >= 0.3 is 0 Å². The van der Waals surface area contributed by atoms with E-state index < -0.39 is 0 Å². The van der Waals surface area contributed by atoms with Gasteiger partial charge in [0.05, 0.1) is 0 Å². The normalized spacial score (nSPS) is 13.2. The lowest BCUT2D eigenvalue weighted by atomic mass is 10.0. The Labute approximate surface area is 118 Å². The van der Waals surface area contributed by atoms with E-state index in [1.807, 2.05) is 22.7 Å². The van der Waals surface area contributed by atoms with Crippen LogP contribution in [-0.4, -0.2) is 0 Å². The van der Waals surface area contributed by atoms with E-state index in [9.17, 15) is 0 Å². The van der Waals surface area contributed by atoms with Gasteiger partial charge in [-0.3, -0.25) is 0 Å². The average molecular weight is 279 g/mol. The van der Waals surface area contributed by atoms with Crippen LogP contribution in [0.3, 0.4) is 0 Å². The Morgan fingerprint density at radius 1 is 1.28 bits per heavy atom. The van der Waals surface area contributed by atoms with Gasteiger partial charge < -0.3 is 5.32 Å². The lowest BCUT2D eigenvalue weighted by Gasteiger charge is -2.21. The van der Waals surface area contributed by atoms with Crippen molar-refractivity contribution in [1.82, 2.24) is 5.32 Å². The first-order valence-corrected chi connectivity index (χ1v) is 8.10.